The molecule has 1 atom stereocenters. The van der Waals surface area contributed by atoms with Crippen LogP contribution >= 0.6 is 0 Å². The molecule has 0 amide bonds. The first kappa shape index (κ1) is 13.5. The van der Waals surface area contributed by atoms with E-state index in [1.165, 1.54) is 6.26 Å². The molecule has 1 rings (SSSR count). The second-order valence-corrected chi connectivity index (χ2v) is 4.22. The van der Waals surface area contributed by atoms with Gasteiger partial charge in [0.15, 0.2) is 5.69 Å². The van der Waals surface area contributed by atoms with Gasteiger partial charge in [-0.05, 0) is 27.9 Å². The Morgan fingerprint density at radius 2 is 2.24 bits per heavy atom. The Balaban J connectivity index is 2.81. The van der Waals surface area contributed by atoms with Crippen LogP contribution in [0.2, 0.25) is 0 Å². The Bertz CT molecular complexity index is 376. The van der Waals surface area contributed by atoms with Crippen molar-refractivity contribution in [3.63, 3.8) is 0 Å². The van der Waals surface area contributed by atoms with Crippen molar-refractivity contribution in [1.82, 2.24) is 9.88 Å². The molecular formula is C11H19N3O3. The van der Waals surface area contributed by atoms with Crippen molar-refractivity contribution < 1.29 is 14.3 Å². The number of aromatic nitrogens is 1. The third-order valence-electron chi connectivity index (χ3n) is 2.46. The zero-order valence-corrected chi connectivity index (χ0v) is 10.7. The summed E-state index contributed by atoms with van der Waals surface area (Å²) >= 11 is 0. The van der Waals surface area contributed by atoms with Gasteiger partial charge >= 0.3 is 5.97 Å². The predicted molar refractivity (Wildman–Crippen MR) is 64.5 cm³/mol. The number of hydrogen-bond acceptors (Lipinski definition) is 5. The summed E-state index contributed by atoms with van der Waals surface area (Å²) in [6, 6.07) is 0.564. The lowest BCUT2D eigenvalue weighted by Crippen LogP contribution is -2.40. The SMILES string of the molecule is CCN(c1nc(C(=O)O)co1)C(C)CN(C)C. The highest BCUT2D eigenvalue weighted by atomic mass is 16.4. The summed E-state index contributed by atoms with van der Waals surface area (Å²) in [7, 11) is 3.98. The second-order valence-electron chi connectivity index (χ2n) is 4.22. The van der Waals surface area contributed by atoms with Crippen LogP contribution in [0.5, 0.6) is 0 Å². The van der Waals surface area contributed by atoms with Crippen LogP contribution in [0.25, 0.3) is 0 Å². The minimum Gasteiger partial charge on any atom is -0.476 e. The fraction of sp³-hybridized carbons (Fsp3) is 0.636. The van der Waals surface area contributed by atoms with Gasteiger partial charge in [0.25, 0.3) is 6.01 Å². The van der Waals surface area contributed by atoms with Crippen LogP contribution in [-0.2, 0) is 0 Å². The molecule has 6 nitrogen and oxygen atoms in total. The Morgan fingerprint density at radius 1 is 1.59 bits per heavy atom. The molecule has 0 spiro atoms. The number of rotatable bonds is 6. The number of anilines is 1. The van der Waals surface area contributed by atoms with E-state index in [1.807, 2.05) is 32.8 Å². The van der Waals surface area contributed by atoms with E-state index in [0.717, 1.165) is 6.54 Å². The van der Waals surface area contributed by atoms with Gasteiger partial charge in [0.1, 0.15) is 6.26 Å². The number of carboxylic acids is 1. The molecule has 1 heterocycles. The van der Waals surface area contributed by atoms with Crippen LogP contribution in [0.3, 0.4) is 0 Å². The molecule has 0 saturated heterocycles. The number of oxazole rings is 1. The molecule has 6 heteroatoms. The standard InChI is InChI=1S/C11H19N3O3/c1-5-14(8(2)6-13(3)4)11-12-9(7-17-11)10(15)16/h7-8H,5-6H2,1-4H3,(H,15,16). The van der Waals surface area contributed by atoms with E-state index >= 15 is 0 Å². The molecule has 1 aromatic rings. The number of carbonyl (C=O) groups is 1. The van der Waals surface area contributed by atoms with Crippen LogP contribution in [0.1, 0.15) is 24.3 Å². The molecule has 0 radical (unpaired) electrons. The number of aromatic carboxylic acids is 1. The first-order valence-electron chi connectivity index (χ1n) is 5.55. The fourth-order valence-corrected chi connectivity index (χ4v) is 1.76. The van der Waals surface area contributed by atoms with Crippen LogP contribution in [0.15, 0.2) is 10.7 Å². The Hall–Kier alpha value is -1.56. The largest absolute Gasteiger partial charge is 0.476 e. The van der Waals surface area contributed by atoms with Crippen molar-refractivity contribution >= 4 is 12.0 Å². The average molecular weight is 241 g/mol. The van der Waals surface area contributed by atoms with Crippen molar-refractivity contribution in [2.24, 2.45) is 0 Å². The first-order valence-corrected chi connectivity index (χ1v) is 5.55. The zero-order chi connectivity index (χ0) is 13.0. The highest BCUT2D eigenvalue weighted by Crippen LogP contribution is 2.16. The summed E-state index contributed by atoms with van der Waals surface area (Å²) in [6.45, 7) is 5.60. The van der Waals surface area contributed by atoms with Gasteiger partial charge in [-0.3, -0.25) is 0 Å². The molecule has 96 valence electrons. The van der Waals surface area contributed by atoms with Gasteiger partial charge in [-0.15, -0.1) is 0 Å². The lowest BCUT2D eigenvalue weighted by Gasteiger charge is -2.28. The maximum Gasteiger partial charge on any atom is 0.357 e. The Morgan fingerprint density at radius 3 is 2.65 bits per heavy atom. The quantitative estimate of drug-likeness (QED) is 0.805. The first-order chi connectivity index (χ1) is 7.95. The van der Waals surface area contributed by atoms with Crippen molar-refractivity contribution in [3.8, 4) is 0 Å². The molecule has 17 heavy (non-hydrogen) atoms. The Kier molecular flexibility index (Phi) is 4.51. The van der Waals surface area contributed by atoms with Crippen LogP contribution in [-0.4, -0.2) is 54.2 Å². The van der Waals surface area contributed by atoms with Crippen molar-refractivity contribution in [3.05, 3.63) is 12.0 Å². The number of carboxylic acid groups (broad SMARTS) is 1. The van der Waals surface area contributed by atoms with Crippen LogP contribution in [0, 0.1) is 0 Å². The smallest absolute Gasteiger partial charge is 0.357 e. The molecule has 0 aliphatic carbocycles. The minimum absolute atomic E-state index is 0.0597. The average Bonchev–Trinajstić information content (AvgIpc) is 2.66. The Labute approximate surface area is 101 Å². The molecule has 1 N–H and O–H groups in total. The van der Waals surface area contributed by atoms with Gasteiger partial charge < -0.3 is 19.3 Å². The third-order valence-corrected chi connectivity index (χ3v) is 2.46. The molecule has 1 aromatic heterocycles. The van der Waals surface area contributed by atoms with Gasteiger partial charge in [0, 0.05) is 19.1 Å². The molecule has 0 saturated carbocycles. The monoisotopic (exact) mass is 241 g/mol. The summed E-state index contributed by atoms with van der Waals surface area (Å²) in [6.07, 6.45) is 1.17. The van der Waals surface area contributed by atoms with Gasteiger partial charge in [-0.2, -0.15) is 4.98 Å². The molecule has 0 fully saturated rings. The molecule has 1 unspecified atom stereocenters. The highest BCUT2D eigenvalue weighted by molar-refractivity contribution is 5.85. The lowest BCUT2D eigenvalue weighted by molar-refractivity contribution is 0.0690. The predicted octanol–water partition coefficient (Wildman–Crippen LogP) is 1.15. The zero-order valence-electron chi connectivity index (χ0n) is 10.7. The second kappa shape index (κ2) is 5.67. The van der Waals surface area contributed by atoms with Gasteiger partial charge in [-0.1, -0.05) is 0 Å². The molecular weight excluding hydrogens is 222 g/mol. The topological polar surface area (TPSA) is 69.8 Å². The minimum atomic E-state index is -1.07. The van der Waals surface area contributed by atoms with E-state index in [9.17, 15) is 4.79 Å². The highest BCUT2D eigenvalue weighted by Gasteiger charge is 2.20. The summed E-state index contributed by atoms with van der Waals surface area (Å²) < 4.78 is 5.20. The number of likely N-dealkylation sites (N-methyl/N-ethyl adjacent to an activating group) is 2. The van der Waals surface area contributed by atoms with Crippen LogP contribution in [0.4, 0.5) is 6.01 Å². The van der Waals surface area contributed by atoms with Crippen molar-refractivity contribution in [1.29, 1.82) is 0 Å². The van der Waals surface area contributed by atoms with Gasteiger partial charge in [0.05, 0.1) is 0 Å². The summed E-state index contributed by atoms with van der Waals surface area (Å²) in [5.74, 6) is -1.07. The molecule has 0 aliphatic rings. The van der Waals surface area contributed by atoms with E-state index in [4.69, 9.17) is 9.52 Å². The molecule has 0 aliphatic heterocycles. The normalized spacial score (nSPS) is 12.8. The van der Waals surface area contributed by atoms with E-state index in [0.29, 0.717) is 12.6 Å². The number of nitrogens with zero attached hydrogens (tertiary/aromatic N) is 3. The van der Waals surface area contributed by atoms with E-state index in [2.05, 4.69) is 9.88 Å². The molecule has 0 aromatic carbocycles. The summed E-state index contributed by atoms with van der Waals surface area (Å²) in [5, 5.41) is 8.79. The maximum atomic E-state index is 10.7. The van der Waals surface area contributed by atoms with Gasteiger partial charge in [-0.25, -0.2) is 4.79 Å². The molecule has 0 bridgehead atoms. The summed E-state index contributed by atoms with van der Waals surface area (Å²) in [5.41, 5.74) is -0.0597. The number of hydrogen-bond donors (Lipinski definition) is 1. The third kappa shape index (κ3) is 3.45. The fourth-order valence-electron chi connectivity index (χ4n) is 1.76. The summed E-state index contributed by atoms with van der Waals surface area (Å²) in [4.78, 5) is 18.7. The van der Waals surface area contributed by atoms with Crippen molar-refractivity contribution in [2.75, 3.05) is 32.1 Å². The maximum absolute atomic E-state index is 10.7. The van der Waals surface area contributed by atoms with E-state index < -0.39 is 5.97 Å². The van der Waals surface area contributed by atoms with E-state index in [-0.39, 0.29) is 11.7 Å². The van der Waals surface area contributed by atoms with Gasteiger partial charge in [0.2, 0.25) is 0 Å². The van der Waals surface area contributed by atoms with Crippen LogP contribution < -0.4 is 4.90 Å². The van der Waals surface area contributed by atoms with Crippen molar-refractivity contribution in [2.45, 2.75) is 19.9 Å². The van der Waals surface area contributed by atoms with E-state index in [1.54, 1.807) is 0 Å². The lowest BCUT2D eigenvalue weighted by atomic mass is 10.3.